The van der Waals surface area contributed by atoms with E-state index in [9.17, 15) is 0 Å². The summed E-state index contributed by atoms with van der Waals surface area (Å²) in [6, 6.07) is 5.69. The highest BCUT2D eigenvalue weighted by molar-refractivity contribution is 5.28. The molecule has 0 aromatic carbocycles. The predicted octanol–water partition coefficient (Wildman–Crippen LogP) is 2.44. The number of rotatable bonds is 2. The largest absolute Gasteiger partial charge is 0.245 e. The van der Waals surface area contributed by atoms with Crippen LogP contribution < -0.4 is 0 Å². The van der Waals surface area contributed by atoms with Crippen molar-refractivity contribution in [2.24, 2.45) is 5.11 Å². The van der Waals surface area contributed by atoms with Gasteiger partial charge in [0.2, 0.25) is 0 Å². The molecule has 0 atom stereocenters. The molecule has 4 nitrogen and oxygen atoms in total. The average Bonchev–Trinajstić information content (AvgIpc) is 2.18. The van der Waals surface area contributed by atoms with Gasteiger partial charge >= 0.3 is 0 Å². The Morgan fingerprint density at radius 1 is 1.57 bits per heavy atom. The molecule has 14 heavy (non-hydrogen) atoms. The maximum atomic E-state index is 8.02. The number of azide groups is 1. The molecule has 0 unspecified atom stereocenters. The van der Waals surface area contributed by atoms with E-state index in [0.29, 0.717) is 13.0 Å². The van der Waals surface area contributed by atoms with Gasteiger partial charge in [-0.2, -0.15) is 0 Å². The SMILES string of the molecule is Cc1cccc(C#CCCN=[N+]=[N-])n1. The van der Waals surface area contributed by atoms with Gasteiger partial charge in [-0.05, 0) is 30.5 Å². The van der Waals surface area contributed by atoms with Crippen LogP contribution in [0.2, 0.25) is 0 Å². The van der Waals surface area contributed by atoms with Crippen molar-refractivity contribution in [2.75, 3.05) is 6.54 Å². The van der Waals surface area contributed by atoms with Crippen LogP contribution in [0.4, 0.5) is 0 Å². The minimum Gasteiger partial charge on any atom is -0.245 e. The van der Waals surface area contributed by atoms with Crippen LogP contribution in [0, 0.1) is 18.8 Å². The summed E-state index contributed by atoms with van der Waals surface area (Å²) in [5, 5.41) is 3.38. The van der Waals surface area contributed by atoms with E-state index in [2.05, 4.69) is 26.9 Å². The minimum absolute atomic E-state index is 0.412. The molecule has 0 aliphatic carbocycles. The van der Waals surface area contributed by atoms with E-state index >= 15 is 0 Å². The summed E-state index contributed by atoms with van der Waals surface area (Å²) in [4.78, 5) is 6.85. The molecule has 0 aliphatic heterocycles. The van der Waals surface area contributed by atoms with Crippen LogP contribution in [0.1, 0.15) is 17.8 Å². The third-order valence-electron chi connectivity index (χ3n) is 1.50. The van der Waals surface area contributed by atoms with E-state index in [4.69, 9.17) is 5.53 Å². The van der Waals surface area contributed by atoms with Crippen LogP contribution >= 0.6 is 0 Å². The maximum Gasteiger partial charge on any atom is 0.113 e. The van der Waals surface area contributed by atoms with Gasteiger partial charge in [-0.1, -0.05) is 17.1 Å². The molecule has 0 N–H and O–H groups in total. The van der Waals surface area contributed by atoms with Crippen molar-refractivity contribution in [3.8, 4) is 11.8 Å². The Morgan fingerprint density at radius 2 is 2.43 bits per heavy atom. The Bertz CT molecular complexity index is 408. The summed E-state index contributed by atoms with van der Waals surface area (Å²) in [6.07, 6.45) is 0.569. The van der Waals surface area contributed by atoms with Gasteiger partial charge in [0.15, 0.2) is 0 Å². The fourth-order valence-electron chi connectivity index (χ4n) is 0.916. The molecular formula is C10H10N4. The summed E-state index contributed by atoms with van der Waals surface area (Å²) in [5.74, 6) is 5.79. The minimum atomic E-state index is 0.412. The predicted molar refractivity (Wildman–Crippen MR) is 54.5 cm³/mol. The molecular weight excluding hydrogens is 176 g/mol. The number of pyridine rings is 1. The quantitative estimate of drug-likeness (QED) is 0.230. The summed E-state index contributed by atoms with van der Waals surface area (Å²) < 4.78 is 0. The monoisotopic (exact) mass is 186 g/mol. The van der Waals surface area contributed by atoms with Gasteiger partial charge in [-0.15, -0.1) is 0 Å². The Hall–Kier alpha value is -1.98. The smallest absolute Gasteiger partial charge is 0.113 e. The molecule has 0 aliphatic rings. The first-order chi connectivity index (χ1) is 6.83. The lowest BCUT2D eigenvalue weighted by molar-refractivity contribution is 1.01. The first-order valence-corrected chi connectivity index (χ1v) is 4.26. The van der Waals surface area contributed by atoms with Gasteiger partial charge in [0.05, 0.1) is 0 Å². The lowest BCUT2D eigenvalue weighted by atomic mass is 10.3. The van der Waals surface area contributed by atoms with Crippen LogP contribution in [0.5, 0.6) is 0 Å². The molecule has 0 bridgehead atoms. The van der Waals surface area contributed by atoms with Gasteiger partial charge in [-0.25, -0.2) is 4.98 Å². The molecule has 0 spiro atoms. The second-order valence-electron chi connectivity index (χ2n) is 2.67. The molecule has 0 saturated carbocycles. The molecule has 0 saturated heterocycles. The molecule has 1 aromatic heterocycles. The zero-order chi connectivity index (χ0) is 10.2. The van der Waals surface area contributed by atoms with E-state index in [0.717, 1.165) is 11.4 Å². The summed E-state index contributed by atoms with van der Waals surface area (Å²) in [7, 11) is 0. The summed E-state index contributed by atoms with van der Waals surface area (Å²) >= 11 is 0. The fourth-order valence-corrected chi connectivity index (χ4v) is 0.916. The van der Waals surface area contributed by atoms with Crippen molar-refractivity contribution in [1.29, 1.82) is 0 Å². The third-order valence-corrected chi connectivity index (χ3v) is 1.50. The number of hydrogen-bond acceptors (Lipinski definition) is 2. The molecule has 0 amide bonds. The molecule has 1 aromatic rings. The van der Waals surface area contributed by atoms with E-state index in [1.54, 1.807) is 0 Å². The first kappa shape index (κ1) is 10.1. The van der Waals surface area contributed by atoms with E-state index < -0.39 is 0 Å². The Balaban J connectivity index is 2.54. The van der Waals surface area contributed by atoms with Gasteiger partial charge in [-0.3, -0.25) is 0 Å². The second kappa shape index (κ2) is 5.63. The number of aromatic nitrogens is 1. The van der Waals surface area contributed by atoms with Gasteiger partial charge in [0, 0.05) is 23.6 Å². The van der Waals surface area contributed by atoms with Crippen LogP contribution in [-0.4, -0.2) is 11.5 Å². The third kappa shape index (κ3) is 3.61. The standard InChI is InChI=1S/C10H10N4/c1-9-5-4-7-10(13-9)6-2-3-8-12-14-11/h4-5,7H,3,8H2,1H3. The molecule has 0 fully saturated rings. The lowest BCUT2D eigenvalue weighted by Gasteiger charge is -1.90. The molecule has 1 rings (SSSR count). The van der Waals surface area contributed by atoms with Crippen LogP contribution in [0.25, 0.3) is 10.4 Å². The van der Waals surface area contributed by atoms with Crippen LogP contribution in [-0.2, 0) is 0 Å². The van der Waals surface area contributed by atoms with Crippen molar-refractivity contribution >= 4 is 0 Å². The van der Waals surface area contributed by atoms with Crippen LogP contribution in [0.3, 0.4) is 0 Å². The number of nitrogens with zero attached hydrogens (tertiary/aromatic N) is 4. The van der Waals surface area contributed by atoms with Crippen molar-refractivity contribution in [3.05, 3.63) is 40.0 Å². The second-order valence-corrected chi connectivity index (χ2v) is 2.67. The zero-order valence-electron chi connectivity index (χ0n) is 7.94. The van der Waals surface area contributed by atoms with Gasteiger partial charge in [0.25, 0.3) is 0 Å². The van der Waals surface area contributed by atoms with Crippen LogP contribution in [0.15, 0.2) is 23.3 Å². The highest BCUT2D eigenvalue weighted by Crippen LogP contribution is 1.95. The number of hydrogen-bond donors (Lipinski definition) is 0. The molecule has 0 radical (unpaired) electrons. The Morgan fingerprint density at radius 3 is 3.14 bits per heavy atom. The van der Waals surface area contributed by atoms with Gasteiger partial charge < -0.3 is 0 Å². The maximum absolute atomic E-state index is 8.02. The van der Waals surface area contributed by atoms with E-state index in [-0.39, 0.29) is 0 Å². The molecule has 4 heteroatoms. The Labute approximate surface area is 82.6 Å². The van der Waals surface area contributed by atoms with Crippen molar-refractivity contribution in [1.82, 2.24) is 4.98 Å². The van der Waals surface area contributed by atoms with Crippen molar-refractivity contribution < 1.29 is 0 Å². The fraction of sp³-hybridized carbons (Fsp3) is 0.300. The van der Waals surface area contributed by atoms with E-state index in [1.807, 2.05) is 25.1 Å². The molecule has 1 heterocycles. The summed E-state index contributed by atoms with van der Waals surface area (Å²) in [5.41, 5.74) is 9.72. The topological polar surface area (TPSA) is 61.7 Å². The Kier molecular flexibility index (Phi) is 4.06. The molecule has 70 valence electrons. The number of aryl methyl sites for hydroxylation is 1. The lowest BCUT2D eigenvalue weighted by Crippen LogP contribution is -1.84. The highest BCUT2D eigenvalue weighted by Gasteiger charge is 1.87. The normalized spacial score (nSPS) is 8.36. The average molecular weight is 186 g/mol. The zero-order valence-corrected chi connectivity index (χ0v) is 7.94. The highest BCUT2D eigenvalue weighted by atomic mass is 15.1. The van der Waals surface area contributed by atoms with E-state index in [1.165, 1.54) is 0 Å². The van der Waals surface area contributed by atoms with Crippen molar-refractivity contribution in [2.45, 2.75) is 13.3 Å². The van der Waals surface area contributed by atoms with Crippen molar-refractivity contribution in [3.63, 3.8) is 0 Å². The van der Waals surface area contributed by atoms with Gasteiger partial charge in [0.1, 0.15) is 5.69 Å². The first-order valence-electron chi connectivity index (χ1n) is 4.26. The summed E-state index contributed by atoms with van der Waals surface area (Å²) in [6.45, 7) is 2.33.